The summed E-state index contributed by atoms with van der Waals surface area (Å²) in [6.07, 6.45) is -13.7. The number of hydrogen-bond donors (Lipinski definition) is 8. The van der Waals surface area contributed by atoms with Gasteiger partial charge in [0.05, 0.1) is 19.8 Å². The molecule has 0 aliphatic carbocycles. The van der Waals surface area contributed by atoms with Crippen LogP contribution in [0.25, 0.3) is 0 Å². The molecular formula is C12H22O11. The molecule has 8 atom stereocenters. The van der Waals surface area contributed by atoms with E-state index < -0.39 is 74.6 Å². The molecule has 23 heavy (non-hydrogen) atoms. The zero-order chi connectivity index (χ0) is 17.7. The van der Waals surface area contributed by atoms with E-state index in [2.05, 4.69) is 0 Å². The van der Waals surface area contributed by atoms with Crippen LogP contribution in [-0.4, -0.2) is 115 Å². The summed E-state index contributed by atoms with van der Waals surface area (Å²) in [5.41, 5.74) is 0. The summed E-state index contributed by atoms with van der Waals surface area (Å²) >= 11 is 0. The smallest absolute Gasteiger partial charge is 0.195 e. The fourth-order valence-corrected chi connectivity index (χ4v) is 2.02. The summed E-state index contributed by atoms with van der Waals surface area (Å²) in [5.74, 6) is -1.19. The normalized spacial score (nSPS) is 35.6. The van der Waals surface area contributed by atoms with Gasteiger partial charge in [0, 0.05) is 0 Å². The van der Waals surface area contributed by atoms with Gasteiger partial charge < -0.3 is 50.3 Å². The molecule has 1 heterocycles. The van der Waals surface area contributed by atoms with Crippen molar-refractivity contribution in [1.82, 2.24) is 0 Å². The van der Waals surface area contributed by atoms with Crippen molar-refractivity contribution in [2.45, 2.75) is 49.0 Å². The Morgan fingerprint density at radius 2 is 1.61 bits per heavy atom. The Hall–Kier alpha value is -0.730. The van der Waals surface area contributed by atoms with Gasteiger partial charge in [0.2, 0.25) is 0 Å². The van der Waals surface area contributed by atoms with Crippen molar-refractivity contribution in [3.8, 4) is 0 Å². The standard InChI is InChI=1S/C12H22O11/c13-1-4(16)7(17)8(18)5(2-14)22-12-11(21)10(20)9(19)6(3-15)23-12/h4-7,9-17,19-21H,1-3H2/t4-,5+,6+,7+,9+,10-,11+,12-/m0/s1. The molecule has 1 rings (SSSR count). The minimum absolute atomic E-state index is 0.714. The lowest BCUT2D eigenvalue weighted by atomic mass is 9.99. The summed E-state index contributed by atoms with van der Waals surface area (Å²) in [7, 11) is 0. The van der Waals surface area contributed by atoms with Crippen LogP contribution in [0.5, 0.6) is 0 Å². The highest BCUT2D eigenvalue weighted by Gasteiger charge is 2.46. The summed E-state index contributed by atoms with van der Waals surface area (Å²) in [6.45, 7) is -2.58. The molecule has 136 valence electrons. The lowest BCUT2D eigenvalue weighted by Gasteiger charge is -2.40. The molecule has 1 saturated heterocycles. The molecular weight excluding hydrogens is 320 g/mol. The number of rotatable bonds is 8. The number of aliphatic hydroxyl groups is 8. The van der Waals surface area contributed by atoms with Crippen LogP contribution >= 0.6 is 0 Å². The van der Waals surface area contributed by atoms with E-state index in [1.807, 2.05) is 0 Å². The van der Waals surface area contributed by atoms with Gasteiger partial charge in [-0.3, -0.25) is 4.79 Å². The van der Waals surface area contributed by atoms with E-state index in [0.29, 0.717) is 0 Å². The summed E-state index contributed by atoms with van der Waals surface area (Å²) < 4.78 is 9.97. The van der Waals surface area contributed by atoms with Crippen molar-refractivity contribution in [2.24, 2.45) is 0 Å². The summed E-state index contributed by atoms with van der Waals surface area (Å²) in [6, 6.07) is 0. The summed E-state index contributed by atoms with van der Waals surface area (Å²) in [4.78, 5) is 11.8. The number of aliphatic hydroxyl groups excluding tert-OH is 8. The van der Waals surface area contributed by atoms with Crippen molar-refractivity contribution in [2.75, 3.05) is 19.8 Å². The third-order valence-electron chi connectivity index (χ3n) is 3.47. The lowest BCUT2D eigenvalue weighted by molar-refractivity contribution is -0.310. The van der Waals surface area contributed by atoms with Crippen molar-refractivity contribution < 1.29 is 55.1 Å². The average molecular weight is 342 g/mol. The van der Waals surface area contributed by atoms with Crippen LogP contribution in [0, 0.1) is 0 Å². The lowest BCUT2D eigenvalue weighted by Crippen LogP contribution is -2.60. The molecule has 0 unspecified atom stereocenters. The first kappa shape index (κ1) is 20.3. The fraction of sp³-hybridized carbons (Fsp3) is 0.917. The third kappa shape index (κ3) is 4.64. The van der Waals surface area contributed by atoms with Crippen LogP contribution in [0.4, 0.5) is 0 Å². The predicted octanol–water partition coefficient (Wildman–Crippen LogP) is -5.55. The van der Waals surface area contributed by atoms with E-state index in [0.717, 1.165) is 0 Å². The second-order valence-electron chi connectivity index (χ2n) is 5.10. The molecule has 0 amide bonds. The highest BCUT2D eigenvalue weighted by Crippen LogP contribution is 2.23. The average Bonchev–Trinajstić information content (AvgIpc) is 2.57. The topological polar surface area (TPSA) is 197 Å². The van der Waals surface area contributed by atoms with E-state index >= 15 is 0 Å². The Balaban J connectivity index is 2.79. The molecule has 0 aromatic carbocycles. The summed E-state index contributed by atoms with van der Waals surface area (Å²) in [5, 5.41) is 74.5. The van der Waals surface area contributed by atoms with Gasteiger partial charge in [0.15, 0.2) is 12.1 Å². The highest BCUT2D eigenvalue weighted by atomic mass is 16.7. The Bertz CT molecular complexity index is 376. The first-order valence-corrected chi connectivity index (χ1v) is 6.86. The van der Waals surface area contributed by atoms with Gasteiger partial charge in [-0.25, -0.2) is 0 Å². The molecule has 8 N–H and O–H groups in total. The number of ether oxygens (including phenoxy) is 2. The van der Waals surface area contributed by atoms with Crippen LogP contribution < -0.4 is 0 Å². The molecule has 0 aromatic rings. The Labute approximate surface area is 130 Å². The monoisotopic (exact) mass is 342 g/mol. The number of ketones is 1. The largest absolute Gasteiger partial charge is 0.394 e. The molecule has 0 radical (unpaired) electrons. The van der Waals surface area contributed by atoms with Gasteiger partial charge in [-0.1, -0.05) is 0 Å². The molecule has 1 aliphatic heterocycles. The van der Waals surface area contributed by atoms with E-state index in [1.54, 1.807) is 0 Å². The highest BCUT2D eigenvalue weighted by molar-refractivity contribution is 5.87. The molecule has 0 aromatic heterocycles. The Morgan fingerprint density at radius 3 is 2.09 bits per heavy atom. The van der Waals surface area contributed by atoms with Crippen molar-refractivity contribution in [3.05, 3.63) is 0 Å². The van der Waals surface area contributed by atoms with Gasteiger partial charge in [-0.05, 0) is 0 Å². The van der Waals surface area contributed by atoms with E-state index in [-0.39, 0.29) is 0 Å². The number of carbonyl (C=O) groups excluding carboxylic acids is 1. The second kappa shape index (κ2) is 8.94. The first-order chi connectivity index (χ1) is 10.8. The molecule has 11 nitrogen and oxygen atoms in total. The maximum absolute atomic E-state index is 11.8. The van der Waals surface area contributed by atoms with Crippen molar-refractivity contribution >= 4 is 5.78 Å². The first-order valence-electron chi connectivity index (χ1n) is 6.86. The van der Waals surface area contributed by atoms with Gasteiger partial charge in [0.25, 0.3) is 0 Å². The third-order valence-corrected chi connectivity index (χ3v) is 3.47. The molecule has 0 spiro atoms. The molecule has 0 saturated carbocycles. The molecule has 0 bridgehead atoms. The molecule has 1 fully saturated rings. The van der Waals surface area contributed by atoms with Gasteiger partial charge in [-0.15, -0.1) is 0 Å². The maximum atomic E-state index is 11.8. The second-order valence-corrected chi connectivity index (χ2v) is 5.10. The van der Waals surface area contributed by atoms with Crippen molar-refractivity contribution in [3.63, 3.8) is 0 Å². The predicted molar refractivity (Wildman–Crippen MR) is 69.8 cm³/mol. The number of hydrogen-bond acceptors (Lipinski definition) is 11. The van der Waals surface area contributed by atoms with Crippen molar-refractivity contribution in [1.29, 1.82) is 0 Å². The Morgan fingerprint density at radius 1 is 1.00 bits per heavy atom. The van der Waals surface area contributed by atoms with Crippen LogP contribution in [0.2, 0.25) is 0 Å². The number of Topliss-reactive ketones (excluding diaryl/α,β-unsaturated/α-hetero) is 1. The van der Waals surface area contributed by atoms with Crippen LogP contribution in [-0.2, 0) is 14.3 Å². The van der Waals surface area contributed by atoms with Gasteiger partial charge >= 0.3 is 0 Å². The molecule has 11 heteroatoms. The fourth-order valence-electron chi connectivity index (χ4n) is 2.02. The van der Waals surface area contributed by atoms with E-state index in [1.165, 1.54) is 0 Å². The van der Waals surface area contributed by atoms with Crippen LogP contribution in [0.3, 0.4) is 0 Å². The molecule has 1 aliphatic rings. The van der Waals surface area contributed by atoms with Gasteiger partial charge in [0.1, 0.15) is 42.7 Å². The Kier molecular flexibility index (Phi) is 7.89. The van der Waals surface area contributed by atoms with Crippen LogP contribution in [0.1, 0.15) is 0 Å². The van der Waals surface area contributed by atoms with Gasteiger partial charge in [-0.2, -0.15) is 0 Å². The quantitative estimate of drug-likeness (QED) is 0.209. The number of carbonyl (C=O) groups is 1. The minimum atomic E-state index is -2.05. The minimum Gasteiger partial charge on any atom is -0.394 e. The van der Waals surface area contributed by atoms with E-state index in [4.69, 9.17) is 24.8 Å². The van der Waals surface area contributed by atoms with E-state index in [9.17, 15) is 30.3 Å². The zero-order valence-electron chi connectivity index (χ0n) is 12.0. The SMILES string of the molecule is O=C([C@@H](CO)O[C@H]1O[C@H](CO)[C@@H](O)[C@H](O)[C@H]1O)[C@H](O)[C@@H](O)CO. The van der Waals surface area contributed by atoms with Crippen LogP contribution in [0.15, 0.2) is 0 Å². The maximum Gasteiger partial charge on any atom is 0.195 e. The zero-order valence-corrected chi connectivity index (χ0v) is 12.0.